The molecule has 8 heteroatoms. The Morgan fingerprint density at radius 2 is 2.24 bits per heavy atom. The number of benzene rings is 1. The Labute approximate surface area is 126 Å². The minimum Gasteiger partial charge on any atom is -0.479 e. The van der Waals surface area contributed by atoms with Gasteiger partial charge in [0.25, 0.3) is 0 Å². The van der Waals surface area contributed by atoms with Crippen molar-refractivity contribution in [1.29, 1.82) is 0 Å². The van der Waals surface area contributed by atoms with Crippen molar-refractivity contribution in [2.75, 3.05) is 0 Å². The quantitative estimate of drug-likeness (QED) is 0.465. The number of nitro benzene ring substituents is 1. The summed E-state index contributed by atoms with van der Waals surface area (Å²) in [6.07, 6.45) is 1.43. The predicted molar refractivity (Wildman–Crippen MR) is 77.4 cm³/mol. The van der Waals surface area contributed by atoms with Gasteiger partial charge in [-0.2, -0.15) is 5.10 Å². The number of hydrogen-bond donors (Lipinski definition) is 0. The number of nitrogens with zero attached hydrogens (tertiary/aromatic N) is 4. The van der Waals surface area contributed by atoms with Crippen LogP contribution in [-0.2, 0) is 12.5 Å². The summed E-state index contributed by atoms with van der Waals surface area (Å²) in [4.78, 5) is 14.7. The first-order valence-electron chi connectivity index (χ1n) is 6.37. The van der Waals surface area contributed by atoms with Crippen LogP contribution >= 0.6 is 11.6 Å². The topological polar surface area (TPSA) is 83.1 Å². The van der Waals surface area contributed by atoms with Gasteiger partial charge in [0, 0.05) is 18.0 Å². The molecule has 0 saturated carbocycles. The van der Waals surface area contributed by atoms with Gasteiger partial charge in [-0.05, 0) is 25.5 Å². The number of ether oxygens (including phenoxy) is 1. The smallest absolute Gasteiger partial charge is 0.311 e. The first-order chi connectivity index (χ1) is 10.0. The molecule has 0 aliphatic heterocycles. The lowest BCUT2D eigenvalue weighted by molar-refractivity contribution is -0.386. The van der Waals surface area contributed by atoms with Gasteiger partial charge in [-0.25, -0.2) is 9.67 Å². The average Bonchev–Trinajstić information content (AvgIpc) is 2.93. The third kappa shape index (κ3) is 3.49. The number of rotatable bonds is 6. The Hall–Kier alpha value is -2.15. The molecule has 0 saturated heterocycles. The highest BCUT2D eigenvalue weighted by Gasteiger charge is 2.17. The minimum absolute atomic E-state index is 0.108. The van der Waals surface area contributed by atoms with Crippen LogP contribution in [-0.4, -0.2) is 19.7 Å². The zero-order chi connectivity index (χ0) is 15.4. The van der Waals surface area contributed by atoms with Gasteiger partial charge >= 0.3 is 5.69 Å². The summed E-state index contributed by atoms with van der Waals surface area (Å²) >= 11 is 5.68. The maximum absolute atomic E-state index is 11.1. The lowest BCUT2D eigenvalue weighted by Gasteiger charge is -2.11. The number of nitro groups is 1. The van der Waals surface area contributed by atoms with Gasteiger partial charge in [0.15, 0.2) is 11.6 Å². The molecule has 0 unspecified atom stereocenters. The highest BCUT2D eigenvalue weighted by molar-refractivity contribution is 6.17. The van der Waals surface area contributed by atoms with Gasteiger partial charge in [-0.15, -0.1) is 11.6 Å². The molecular formula is C13H15ClN4O3. The second-order valence-corrected chi connectivity index (χ2v) is 4.96. The van der Waals surface area contributed by atoms with Crippen LogP contribution in [0, 0.1) is 10.1 Å². The third-order valence-electron chi connectivity index (χ3n) is 2.87. The molecule has 0 aliphatic rings. The predicted octanol–water partition coefficient (Wildman–Crippen LogP) is 3.09. The molecule has 1 heterocycles. The number of alkyl halides is 1. The maximum Gasteiger partial charge on any atom is 0.311 e. The molecule has 0 N–H and O–H groups in total. The SMILES string of the molecule is CC(C)n1ncnc1COc1ccc(CCl)cc1[N+](=O)[O-]. The molecule has 7 nitrogen and oxygen atoms in total. The molecule has 0 spiro atoms. The van der Waals surface area contributed by atoms with E-state index in [2.05, 4.69) is 10.1 Å². The zero-order valence-electron chi connectivity index (χ0n) is 11.7. The van der Waals surface area contributed by atoms with Crippen molar-refractivity contribution in [3.05, 3.63) is 46.0 Å². The van der Waals surface area contributed by atoms with Crippen LogP contribution in [0.2, 0.25) is 0 Å². The molecule has 112 valence electrons. The highest BCUT2D eigenvalue weighted by Crippen LogP contribution is 2.29. The van der Waals surface area contributed by atoms with E-state index in [1.165, 1.54) is 12.4 Å². The van der Waals surface area contributed by atoms with Crippen LogP contribution < -0.4 is 4.74 Å². The fraction of sp³-hybridized carbons (Fsp3) is 0.385. The van der Waals surface area contributed by atoms with Crippen molar-refractivity contribution in [3.8, 4) is 5.75 Å². The summed E-state index contributed by atoms with van der Waals surface area (Å²) < 4.78 is 7.23. The van der Waals surface area contributed by atoms with Crippen molar-refractivity contribution in [3.63, 3.8) is 0 Å². The van der Waals surface area contributed by atoms with E-state index in [0.29, 0.717) is 11.4 Å². The van der Waals surface area contributed by atoms with E-state index < -0.39 is 4.92 Å². The Kier molecular flexibility index (Phi) is 4.74. The average molecular weight is 311 g/mol. The number of hydrogen-bond acceptors (Lipinski definition) is 5. The second kappa shape index (κ2) is 6.53. The summed E-state index contributed by atoms with van der Waals surface area (Å²) in [7, 11) is 0. The maximum atomic E-state index is 11.1. The van der Waals surface area contributed by atoms with Crippen LogP contribution in [0.15, 0.2) is 24.5 Å². The van der Waals surface area contributed by atoms with Crippen LogP contribution in [0.5, 0.6) is 5.75 Å². The van der Waals surface area contributed by atoms with E-state index in [-0.39, 0.29) is 30.0 Å². The van der Waals surface area contributed by atoms with E-state index in [0.717, 1.165) is 0 Å². The Morgan fingerprint density at radius 3 is 2.86 bits per heavy atom. The first kappa shape index (κ1) is 15.2. The molecule has 0 aliphatic carbocycles. The second-order valence-electron chi connectivity index (χ2n) is 4.70. The fourth-order valence-electron chi connectivity index (χ4n) is 1.86. The highest BCUT2D eigenvalue weighted by atomic mass is 35.5. The van der Waals surface area contributed by atoms with Gasteiger partial charge < -0.3 is 4.74 Å². The molecule has 0 atom stereocenters. The molecule has 0 bridgehead atoms. The number of halogens is 1. The van der Waals surface area contributed by atoms with Gasteiger partial charge in [-0.1, -0.05) is 6.07 Å². The lowest BCUT2D eigenvalue weighted by Crippen LogP contribution is -2.11. The van der Waals surface area contributed by atoms with Crippen LogP contribution in [0.25, 0.3) is 0 Å². The van der Waals surface area contributed by atoms with E-state index in [4.69, 9.17) is 16.3 Å². The summed E-state index contributed by atoms with van der Waals surface area (Å²) in [5, 5.41) is 15.2. The Balaban J connectivity index is 2.20. The van der Waals surface area contributed by atoms with Gasteiger partial charge in [0.05, 0.1) is 4.92 Å². The molecule has 1 aromatic carbocycles. The molecular weight excluding hydrogens is 296 g/mol. The van der Waals surface area contributed by atoms with E-state index in [1.54, 1.807) is 16.8 Å². The number of aromatic nitrogens is 3. The van der Waals surface area contributed by atoms with Gasteiger partial charge in [-0.3, -0.25) is 10.1 Å². The molecule has 0 radical (unpaired) electrons. The van der Waals surface area contributed by atoms with Crippen LogP contribution in [0.4, 0.5) is 5.69 Å². The van der Waals surface area contributed by atoms with Crippen LogP contribution in [0.1, 0.15) is 31.3 Å². The Morgan fingerprint density at radius 1 is 1.48 bits per heavy atom. The third-order valence-corrected chi connectivity index (χ3v) is 3.18. The van der Waals surface area contributed by atoms with E-state index >= 15 is 0 Å². The zero-order valence-corrected chi connectivity index (χ0v) is 12.4. The standard InChI is InChI=1S/C13H15ClN4O3/c1-9(2)17-13(15-8-16-17)7-21-12-4-3-10(6-14)5-11(12)18(19)20/h3-5,8-9H,6-7H2,1-2H3. The molecule has 2 aromatic rings. The molecule has 0 amide bonds. The summed E-state index contributed by atoms with van der Waals surface area (Å²) in [6.45, 7) is 4.05. The molecule has 0 fully saturated rings. The largest absolute Gasteiger partial charge is 0.479 e. The minimum atomic E-state index is -0.488. The van der Waals surface area contributed by atoms with Gasteiger partial charge in [0.1, 0.15) is 12.9 Å². The first-order valence-corrected chi connectivity index (χ1v) is 6.90. The summed E-state index contributed by atoms with van der Waals surface area (Å²) in [6, 6.07) is 4.80. The lowest BCUT2D eigenvalue weighted by atomic mass is 10.2. The fourth-order valence-corrected chi connectivity index (χ4v) is 2.03. The molecule has 2 rings (SSSR count). The van der Waals surface area contributed by atoms with Crippen molar-refractivity contribution < 1.29 is 9.66 Å². The monoisotopic (exact) mass is 310 g/mol. The summed E-state index contributed by atoms with van der Waals surface area (Å²) in [5.74, 6) is 1.01. The van der Waals surface area contributed by atoms with Crippen molar-refractivity contribution in [2.24, 2.45) is 0 Å². The van der Waals surface area contributed by atoms with Crippen molar-refractivity contribution in [1.82, 2.24) is 14.8 Å². The Bertz CT molecular complexity index is 642. The van der Waals surface area contributed by atoms with Gasteiger partial charge in [0.2, 0.25) is 0 Å². The van der Waals surface area contributed by atoms with E-state index in [9.17, 15) is 10.1 Å². The van der Waals surface area contributed by atoms with Crippen molar-refractivity contribution >= 4 is 17.3 Å². The molecule has 21 heavy (non-hydrogen) atoms. The van der Waals surface area contributed by atoms with Crippen LogP contribution in [0.3, 0.4) is 0 Å². The van der Waals surface area contributed by atoms with E-state index in [1.807, 2.05) is 13.8 Å². The van der Waals surface area contributed by atoms with Crippen molar-refractivity contribution in [2.45, 2.75) is 32.4 Å². The normalized spacial score (nSPS) is 10.9. The molecule has 1 aromatic heterocycles. The summed E-state index contributed by atoms with van der Waals surface area (Å²) in [5.41, 5.74) is 0.560.